The molecule has 0 spiro atoms. The Hall–Kier alpha value is -2.69. The van der Waals surface area contributed by atoms with E-state index in [-0.39, 0.29) is 29.9 Å². The summed E-state index contributed by atoms with van der Waals surface area (Å²) in [6.45, 7) is 10.3. The molecule has 41 heavy (non-hydrogen) atoms. The van der Waals surface area contributed by atoms with Gasteiger partial charge in [-0.05, 0) is 93.3 Å². The summed E-state index contributed by atoms with van der Waals surface area (Å²) >= 11 is 7.71. The van der Waals surface area contributed by atoms with Crippen molar-refractivity contribution >= 4 is 40.8 Å². The molecule has 9 nitrogen and oxygen atoms in total. The van der Waals surface area contributed by atoms with Crippen LogP contribution in [0.4, 0.5) is 4.79 Å². The number of unbranched alkanes of at least 4 members (excludes halogenated alkanes) is 1. The van der Waals surface area contributed by atoms with E-state index in [4.69, 9.17) is 16.7 Å². The number of carboxylic acids is 1. The normalized spacial score (nSPS) is 17.8. The van der Waals surface area contributed by atoms with Crippen LogP contribution in [0.15, 0.2) is 22.9 Å². The minimum Gasteiger partial charge on any atom is -0.481 e. The second kappa shape index (κ2) is 14.0. The Kier molecular flexibility index (Phi) is 10.7. The second-order valence-electron chi connectivity index (χ2n) is 11.6. The minimum atomic E-state index is -0.808. The fourth-order valence-electron chi connectivity index (χ4n) is 6.14. The quantitative estimate of drug-likeness (QED) is 0.281. The lowest BCUT2D eigenvalue weighted by Gasteiger charge is -2.50. The first-order valence-electron chi connectivity index (χ1n) is 14.5. The zero-order valence-corrected chi connectivity index (χ0v) is 25.9. The van der Waals surface area contributed by atoms with Crippen molar-refractivity contribution < 1.29 is 19.5 Å². The average molecular weight is 604 g/mol. The zero-order valence-electron chi connectivity index (χ0n) is 24.3. The first-order chi connectivity index (χ1) is 19.6. The summed E-state index contributed by atoms with van der Waals surface area (Å²) in [7, 11) is 0. The van der Waals surface area contributed by atoms with Gasteiger partial charge in [-0.1, -0.05) is 11.6 Å². The largest absolute Gasteiger partial charge is 0.481 e. The molecule has 2 aromatic rings. The van der Waals surface area contributed by atoms with Gasteiger partial charge in [0.15, 0.2) is 0 Å². The van der Waals surface area contributed by atoms with Gasteiger partial charge < -0.3 is 20.2 Å². The van der Waals surface area contributed by atoms with Crippen molar-refractivity contribution in [1.29, 1.82) is 0 Å². The summed E-state index contributed by atoms with van der Waals surface area (Å²) in [5.74, 6) is -0.778. The Labute approximate surface area is 251 Å². The van der Waals surface area contributed by atoms with Crippen molar-refractivity contribution in [1.82, 2.24) is 25.0 Å². The fraction of sp³-hybridized carbons (Fsp3) is 0.600. The molecule has 2 N–H and O–H groups in total. The van der Waals surface area contributed by atoms with Crippen LogP contribution in [0.1, 0.15) is 79.0 Å². The van der Waals surface area contributed by atoms with Crippen molar-refractivity contribution in [3.05, 3.63) is 50.4 Å². The van der Waals surface area contributed by atoms with Gasteiger partial charge in [0.25, 0.3) is 5.91 Å². The number of nitrogens with zero attached hydrogens (tertiary/aromatic N) is 4. The number of pyridine rings is 1. The van der Waals surface area contributed by atoms with E-state index in [0.29, 0.717) is 55.4 Å². The minimum absolute atomic E-state index is 0.00860. The second-order valence-corrected chi connectivity index (χ2v) is 12.7. The molecule has 0 saturated carbocycles. The molecule has 2 saturated heterocycles. The van der Waals surface area contributed by atoms with Gasteiger partial charge in [-0.25, -0.2) is 9.78 Å². The van der Waals surface area contributed by atoms with Crippen LogP contribution in [0.3, 0.4) is 0 Å². The van der Waals surface area contributed by atoms with Crippen molar-refractivity contribution in [2.45, 2.75) is 83.8 Å². The number of thiophene rings is 1. The summed E-state index contributed by atoms with van der Waals surface area (Å²) < 4.78 is 0. The number of carboxylic acid groups (broad SMARTS) is 1. The van der Waals surface area contributed by atoms with Gasteiger partial charge in [-0.15, -0.1) is 0 Å². The summed E-state index contributed by atoms with van der Waals surface area (Å²) in [6, 6.07) is 3.87. The van der Waals surface area contributed by atoms with E-state index < -0.39 is 5.97 Å². The highest BCUT2D eigenvalue weighted by molar-refractivity contribution is 7.07. The highest BCUT2D eigenvalue weighted by Gasteiger charge is 2.40. The number of piperidine rings is 2. The Morgan fingerprint density at radius 1 is 1.17 bits per heavy atom. The Bertz CT molecular complexity index is 1180. The average Bonchev–Trinajstić information content (AvgIpc) is 3.44. The van der Waals surface area contributed by atoms with Gasteiger partial charge in [-0.2, -0.15) is 11.3 Å². The molecule has 0 bridgehead atoms. The molecule has 2 aliphatic rings. The zero-order chi connectivity index (χ0) is 29.6. The van der Waals surface area contributed by atoms with Crippen LogP contribution in [-0.4, -0.2) is 87.0 Å². The molecule has 2 aliphatic heterocycles. The van der Waals surface area contributed by atoms with E-state index in [0.717, 1.165) is 49.9 Å². The molecule has 2 fully saturated rings. The Morgan fingerprint density at radius 2 is 1.88 bits per heavy atom. The van der Waals surface area contributed by atoms with E-state index in [1.807, 2.05) is 29.0 Å². The predicted molar refractivity (Wildman–Crippen MR) is 162 cm³/mol. The van der Waals surface area contributed by atoms with Gasteiger partial charge >= 0.3 is 12.0 Å². The number of likely N-dealkylation sites (tertiary alicyclic amines) is 2. The van der Waals surface area contributed by atoms with Crippen molar-refractivity contribution in [2.24, 2.45) is 0 Å². The number of carbonyl (C=O) groups excluding carboxylic acids is 2. The Morgan fingerprint density at radius 3 is 2.49 bits per heavy atom. The number of hydrogen-bond acceptors (Lipinski definition) is 6. The maximum absolute atomic E-state index is 13.4. The number of aromatic nitrogens is 1. The fourth-order valence-corrected chi connectivity index (χ4v) is 7.09. The highest BCUT2D eigenvalue weighted by Crippen LogP contribution is 2.33. The molecule has 224 valence electrons. The number of nitrogens with one attached hydrogen (secondary N) is 1. The maximum atomic E-state index is 13.4. The number of aryl methyl sites for hydroxylation is 2. The van der Waals surface area contributed by atoms with Crippen molar-refractivity contribution in [3.8, 4) is 0 Å². The molecule has 0 radical (unpaired) electrons. The van der Waals surface area contributed by atoms with Gasteiger partial charge in [0.2, 0.25) is 0 Å². The van der Waals surface area contributed by atoms with Gasteiger partial charge in [0, 0.05) is 57.3 Å². The lowest BCUT2D eigenvalue weighted by atomic mass is 9.85. The van der Waals surface area contributed by atoms with Crippen LogP contribution in [0.2, 0.25) is 5.15 Å². The molecule has 2 aromatic heterocycles. The molecular formula is C30H42ClN5O4S. The number of aliphatic carboxylic acids is 1. The molecule has 3 amide bonds. The number of hydrogen-bond donors (Lipinski definition) is 2. The summed E-state index contributed by atoms with van der Waals surface area (Å²) in [5, 5.41) is 16.4. The number of carbonyl (C=O) groups is 3. The summed E-state index contributed by atoms with van der Waals surface area (Å²) in [5.41, 5.74) is 3.33. The molecule has 0 unspecified atom stereocenters. The van der Waals surface area contributed by atoms with Crippen LogP contribution in [-0.2, 0) is 11.3 Å². The van der Waals surface area contributed by atoms with E-state index in [1.54, 1.807) is 17.4 Å². The van der Waals surface area contributed by atoms with Crippen molar-refractivity contribution in [2.75, 3.05) is 32.7 Å². The van der Waals surface area contributed by atoms with Crippen LogP contribution in [0, 0.1) is 13.8 Å². The standard InChI is InChI=1S/C30H42ClN5O4S/c1-21-18-25(31)33-22(2)27(21)28(39)34-15-10-30(3,11-16-34)35-13-7-24(8-14-35)36(19-23-9-17-41-20-23)29(40)32-12-5-4-6-26(37)38/h9,17-18,20,24H,4-8,10-16,19H2,1-3H3,(H,32,40)(H,37,38). The van der Waals surface area contributed by atoms with Gasteiger partial charge in [0.1, 0.15) is 5.15 Å². The number of rotatable bonds is 10. The predicted octanol–water partition coefficient (Wildman–Crippen LogP) is 5.34. The lowest BCUT2D eigenvalue weighted by Crippen LogP contribution is -2.58. The highest BCUT2D eigenvalue weighted by atomic mass is 35.5. The van der Waals surface area contributed by atoms with Crippen LogP contribution >= 0.6 is 22.9 Å². The topological polar surface area (TPSA) is 106 Å². The third-order valence-electron chi connectivity index (χ3n) is 8.66. The molecule has 4 rings (SSSR count). The van der Waals surface area contributed by atoms with Crippen LogP contribution in [0.5, 0.6) is 0 Å². The van der Waals surface area contributed by atoms with Crippen LogP contribution in [0.25, 0.3) is 0 Å². The van der Waals surface area contributed by atoms with E-state index in [2.05, 4.69) is 33.6 Å². The maximum Gasteiger partial charge on any atom is 0.317 e. The smallest absolute Gasteiger partial charge is 0.317 e. The number of amides is 3. The molecule has 0 aromatic carbocycles. The van der Waals surface area contributed by atoms with Crippen molar-refractivity contribution in [3.63, 3.8) is 0 Å². The van der Waals surface area contributed by atoms with Gasteiger partial charge in [-0.3, -0.25) is 14.5 Å². The first-order valence-corrected chi connectivity index (χ1v) is 15.8. The molecule has 0 aliphatic carbocycles. The van der Waals surface area contributed by atoms with Crippen LogP contribution < -0.4 is 5.32 Å². The molecule has 4 heterocycles. The molecular weight excluding hydrogens is 562 g/mol. The third kappa shape index (κ3) is 7.99. The molecule has 11 heteroatoms. The van der Waals surface area contributed by atoms with E-state index in [9.17, 15) is 14.4 Å². The lowest BCUT2D eigenvalue weighted by molar-refractivity contribution is -0.137. The van der Waals surface area contributed by atoms with E-state index in [1.165, 1.54) is 0 Å². The van der Waals surface area contributed by atoms with E-state index >= 15 is 0 Å². The van der Waals surface area contributed by atoms with Gasteiger partial charge in [0.05, 0.1) is 11.3 Å². The first kappa shape index (κ1) is 31.3. The number of urea groups is 1. The SMILES string of the molecule is Cc1cc(Cl)nc(C)c1C(=O)N1CCC(C)(N2CCC(N(Cc3ccsc3)C(=O)NCCCCC(=O)O)CC2)CC1. The number of halogens is 1. The third-order valence-corrected chi connectivity index (χ3v) is 9.59. The molecule has 0 atom stereocenters. The Balaban J connectivity index is 1.32. The summed E-state index contributed by atoms with van der Waals surface area (Å²) in [6.07, 6.45) is 4.91. The monoisotopic (exact) mass is 603 g/mol. The summed E-state index contributed by atoms with van der Waals surface area (Å²) in [4.78, 5) is 48.1.